The standard InChI is InChI=1S/C15H17N3O2S/c16-11-4-2-1-3-10(11)5-6-14(19)18-15-17-12-7-8-20-9-13(12)21-15/h1-4H,5-9,16H2,(H,17,18,19). The van der Waals surface area contributed by atoms with E-state index in [0.29, 0.717) is 31.2 Å². The van der Waals surface area contributed by atoms with Gasteiger partial charge in [0.2, 0.25) is 5.91 Å². The first-order valence-corrected chi connectivity index (χ1v) is 7.73. The van der Waals surface area contributed by atoms with E-state index in [-0.39, 0.29) is 5.91 Å². The summed E-state index contributed by atoms with van der Waals surface area (Å²) < 4.78 is 5.38. The smallest absolute Gasteiger partial charge is 0.226 e. The van der Waals surface area contributed by atoms with E-state index in [9.17, 15) is 4.79 Å². The van der Waals surface area contributed by atoms with Crippen LogP contribution in [0.15, 0.2) is 24.3 Å². The highest BCUT2D eigenvalue weighted by atomic mass is 32.1. The number of nitrogens with one attached hydrogen (secondary N) is 1. The number of anilines is 2. The number of benzene rings is 1. The van der Waals surface area contributed by atoms with Crippen LogP contribution in [0.5, 0.6) is 0 Å². The summed E-state index contributed by atoms with van der Waals surface area (Å²) in [5.74, 6) is -0.0368. The molecule has 1 aromatic heterocycles. The van der Waals surface area contributed by atoms with Crippen LogP contribution in [0.25, 0.3) is 0 Å². The number of aromatic nitrogens is 1. The van der Waals surface area contributed by atoms with Gasteiger partial charge in [-0.05, 0) is 18.1 Å². The van der Waals surface area contributed by atoms with Crippen LogP contribution in [0, 0.1) is 0 Å². The summed E-state index contributed by atoms with van der Waals surface area (Å²) in [7, 11) is 0. The predicted molar refractivity (Wildman–Crippen MR) is 83.3 cm³/mol. The van der Waals surface area contributed by atoms with Crippen molar-refractivity contribution in [2.75, 3.05) is 17.7 Å². The third kappa shape index (κ3) is 3.40. The molecule has 1 aromatic carbocycles. The summed E-state index contributed by atoms with van der Waals surface area (Å²) >= 11 is 1.50. The van der Waals surface area contributed by atoms with Gasteiger partial charge in [0, 0.05) is 18.5 Å². The Bertz CT molecular complexity index is 631. The number of hydrogen-bond acceptors (Lipinski definition) is 5. The van der Waals surface area contributed by atoms with Crippen LogP contribution in [-0.4, -0.2) is 17.5 Å². The van der Waals surface area contributed by atoms with E-state index in [1.165, 1.54) is 11.3 Å². The van der Waals surface area contributed by atoms with Crippen LogP contribution in [-0.2, 0) is 29.0 Å². The fourth-order valence-electron chi connectivity index (χ4n) is 2.27. The number of carbonyl (C=O) groups is 1. The van der Waals surface area contributed by atoms with Gasteiger partial charge in [-0.25, -0.2) is 4.98 Å². The molecule has 1 aliphatic heterocycles. The average molecular weight is 303 g/mol. The number of fused-ring (bicyclic) bond motifs is 1. The zero-order valence-corrected chi connectivity index (χ0v) is 12.4. The highest BCUT2D eigenvalue weighted by Crippen LogP contribution is 2.27. The molecule has 0 fully saturated rings. The van der Waals surface area contributed by atoms with Crippen LogP contribution < -0.4 is 11.1 Å². The summed E-state index contributed by atoms with van der Waals surface area (Å²) in [6.45, 7) is 1.31. The average Bonchev–Trinajstić information content (AvgIpc) is 2.88. The maximum absolute atomic E-state index is 12.0. The van der Waals surface area contributed by atoms with Gasteiger partial charge in [0.15, 0.2) is 5.13 Å². The molecule has 1 aliphatic rings. The summed E-state index contributed by atoms with van der Waals surface area (Å²) in [6.07, 6.45) is 1.85. The van der Waals surface area contributed by atoms with Gasteiger partial charge in [-0.3, -0.25) is 4.79 Å². The normalized spacial score (nSPS) is 13.7. The molecule has 5 nitrogen and oxygen atoms in total. The first-order valence-electron chi connectivity index (χ1n) is 6.92. The van der Waals surface area contributed by atoms with Crippen molar-refractivity contribution in [3.63, 3.8) is 0 Å². The molecular formula is C15H17N3O2S. The molecule has 1 amide bonds. The lowest BCUT2D eigenvalue weighted by molar-refractivity contribution is -0.116. The van der Waals surface area contributed by atoms with Crippen LogP contribution in [0.2, 0.25) is 0 Å². The lowest BCUT2D eigenvalue weighted by Gasteiger charge is -2.08. The number of hydrogen-bond donors (Lipinski definition) is 2. The van der Waals surface area contributed by atoms with Gasteiger partial charge in [0.25, 0.3) is 0 Å². The van der Waals surface area contributed by atoms with Crippen molar-refractivity contribution in [2.24, 2.45) is 0 Å². The molecular weight excluding hydrogens is 286 g/mol. The van der Waals surface area contributed by atoms with Gasteiger partial charge in [-0.2, -0.15) is 0 Å². The highest BCUT2D eigenvalue weighted by Gasteiger charge is 2.16. The van der Waals surface area contributed by atoms with E-state index in [1.807, 2.05) is 24.3 Å². The molecule has 0 spiro atoms. The molecule has 0 radical (unpaired) electrons. The van der Waals surface area contributed by atoms with E-state index in [1.54, 1.807) is 0 Å². The zero-order valence-electron chi connectivity index (χ0n) is 11.6. The first kappa shape index (κ1) is 14.0. The first-order chi connectivity index (χ1) is 10.2. The third-order valence-corrected chi connectivity index (χ3v) is 4.40. The number of amides is 1. The van der Waals surface area contributed by atoms with Crippen molar-refractivity contribution in [3.05, 3.63) is 40.4 Å². The Morgan fingerprint density at radius 3 is 3.10 bits per heavy atom. The molecule has 0 saturated carbocycles. The lowest BCUT2D eigenvalue weighted by Crippen LogP contribution is -2.12. The molecule has 2 heterocycles. The van der Waals surface area contributed by atoms with Crippen molar-refractivity contribution < 1.29 is 9.53 Å². The summed E-state index contributed by atoms with van der Waals surface area (Å²) in [5, 5.41) is 3.52. The second-order valence-corrected chi connectivity index (χ2v) is 6.02. The number of nitrogens with zero attached hydrogens (tertiary/aromatic N) is 1. The zero-order chi connectivity index (χ0) is 14.7. The molecule has 0 unspecified atom stereocenters. The predicted octanol–water partition coefficient (Wildman–Crippen LogP) is 2.37. The summed E-state index contributed by atoms with van der Waals surface area (Å²) in [5.41, 5.74) is 8.65. The highest BCUT2D eigenvalue weighted by molar-refractivity contribution is 7.15. The Balaban J connectivity index is 1.57. The Kier molecular flexibility index (Phi) is 4.17. The van der Waals surface area contributed by atoms with Gasteiger partial charge < -0.3 is 15.8 Å². The number of aryl methyl sites for hydroxylation is 1. The molecule has 0 bridgehead atoms. The molecule has 110 valence electrons. The summed E-state index contributed by atoms with van der Waals surface area (Å²) in [6, 6.07) is 7.61. The van der Waals surface area contributed by atoms with E-state index < -0.39 is 0 Å². The van der Waals surface area contributed by atoms with E-state index >= 15 is 0 Å². The fourth-order valence-corrected chi connectivity index (χ4v) is 3.23. The molecule has 2 aromatic rings. The molecule has 0 saturated heterocycles. The Morgan fingerprint density at radius 2 is 2.29 bits per heavy atom. The van der Waals surface area contributed by atoms with Crippen molar-refractivity contribution in [2.45, 2.75) is 25.9 Å². The molecule has 3 N–H and O–H groups in total. The van der Waals surface area contributed by atoms with E-state index in [2.05, 4.69) is 10.3 Å². The van der Waals surface area contributed by atoms with Crippen LogP contribution in [0.3, 0.4) is 0 Å². The van der Waals surface area contributed by atoms with Gasteiger partial charge >= 0.3 is 0 Å². The minimum atomic E-state index is -0.0368. The maximum Gasteiger partial charge on any atom is 0.226 e. The van der Waals surface area contributed by atoms with Gasteiger partial charge in [0.05, 0.1) is 23.8 Å². The second kappa shape index (κ2) is 6.24. The van der Waals surface area contributed by atoms with Gasteiger partial charge in [-0.15, -0.1) is 0 Å². The minimum absolute atomic E-state index is 0.0368. The number of nitrogens with two attached hydrogens (primary N) is 1. The van der Waals surface area contributed by atoms with Gasteiger partial charge in [-0.1, -0.05) is 29.5 Å². The maximum atomic E-state index is 12.0. The number of ether oxygens (including phenoxy) is 1. The molecule has 6 heteroatoms. The SMILES string of the molecule is Nc1ccccc1CCC(=O)Nc1nc2c(s1)COCC2. The van der Waals surface area contributed by atoms with Gasteiger partial charge in [0.1, 0.15) is 0 Å². The number of thiazole rings is 1. The molecule has 0 atom stereocenters. The van der Waals surface area contributed by atoms with Crippen molar-refractivity contribution in [3.8, 4) is 0 Å². The summed E-state index contributed by atoms with van der Waals surface area (Å²) in [4.78, 5) is 17.6. The van der Waals surface area contributed by atoms with Crippen molar-refractivity contribution >= 4 is 28.1 Å². The number of para-hydroxylation sites is 1. The van der Waals surface area contributed by atoms with Crippen molar-refractivity contribution in [1.82, 2.24) is 4.98 Å². The Hall–Kier alpha value is -1.92. The molecule has 21 heavy (non-hydrogen) atoms. The van der Waals surface area contributed by atoms with E-state index in [4.69, 9.17) is 10.5 Å². The minimum Gasteiger partial charge on any atom is -0.399 e. The number of nitrogen functional groups attached to an aromatic ring is 1. The van der Waals surface area contributed by atoms with Crippen LogP contribution in [0.1, 0.15) is 22.6 Å². The van der Waals surface area contributed by atoms with Crippen molar-refractivity contribution in [1.29, 1.82) is 0 Å². The second-order valence-electron chi connectivity index (χ2n) is 4.94. The molecule has 0 aliphatic carbocycles. The largest absolute Gasteiger partial charge is 0.399 e. The number of rotatable bonds is 4. The Labute approximate surface area is 127 Å². The quantitative estimate of drug-likeness (QED) is 0.850. The lowest BCUT2D eigenvalue weighted by atomic mass is 10.1. The molecule has 3 rings (SSSR count). The third-order valence-electron chi connectivity index (χ3n) is 3.42. The Morgan fingerprint density at radius 1 is 1.43 bits per heavy atom. The topological polar surface area (TPSA) is 77.2 Å². The monoisotopic (exact) mass is 303 g/mol. The van der Waals surface area contributed by atoms with Crippen LogP contribution >= 0.6 is 11.3 Å². The number of carbonyl (C=O) groups excluding carboxylic acids is 1. The van der Waals surface area contributed by atoms with Crippen LogP contribution in [0.4, 0.5) is 10.8 Å². The van der Waals surface area contributed by atoms with E-state index in [0.717, 1.165) is 28.2 Å². The fraction of sp³-hybridized carbons (Fsp3) is 0.333.